The van der Waals surface area contributed by atoms with Gasteiger partial charge in [0.15, 0.2) is 0 Å². The number of halogens is 1. The third-order valence-corrected chi connectivity index (χ3v) is 8.28. The molecule has 6 aliphatic rings. The first-order valence-corrected chi connectivity index (χ1v) is 12.3. The van der Waals surface area contributed by atoms with E-state index >= 15 is 0 Å². The van der Waals surface area contributed by atoms with Gasteiger partial charge in [-0.3, -0.25) is 9.59 Å². The summed E-state index contributed by atoms with van der Waals surface area (Å²) in [6.07, 6.45) is 5.32. The van der Waals surface area contributed by atoms with Crippen LogP contribution >= 0.6 is 0 Å². The first-order chi connectivity index (χ1) is 15.7. The van der Waals surface area contributed by atoms with E-state index in [0.29, 0.717) is 57.9 Å². The summed E-state index contributed by atoms with van der Waals surface area (Å²) in [5.74, 6) is 0.724. The molecule has 178 valence electrons. The number of hydrogen-bond donors (Lipinski definition) is 1. The van der Waals surface area contributed by atoms with E-state index in [4.69, 9.17) is 4.74 Å². The van der Waals surface area contributed by atoms with Gasteiger partial charge >= 0.3 is 0 Å². The summed E-state index contributed by atoms with van der Waals surface area (Å²) in [5, 5.41) is 3.22. The zero-order valence-electron chi connectivity index (χ0n) is 20.0. The van der Waals surface area contributed by atoms with Gasteiger partial charge < -0.3 is 15.0 Å². The minimum Gasteiger partial charge on any atom is -0.378 e. The van der Waals surface area contributed by atoms with E-state index in [1.165, 1.54) is 0 Å². The Hall–Kier alpha value is -2.21. The van der Waals surface area contributed by atoms with Crippen LogP contribution < -0.4 is 5.32 Å². The van der Waals surface area contributed by atoms with Crippen LogP contribution in [0.1, 0.15) is 56.2 Å². The molecular formula is C27H35FN2O3. The Morgan fingerprint density at radius 3 is 2.64 bits per heavy atom. The molecule has 0 aromatic heterocycles. The van der Waals surface area contributed by atoms with Gasteiger partial charge in [-0.2, -0.15) is 0 Å². The van der Waals surface area contributed by atoms with E-state index in [1.807, 2.05) is 31.7 Å². The van der Waals surface area contributed by atoms with Crippen LogP contribution in [0.4, 0.5) is 4.39 Å². The number of aryl methyl sites for hydroxylation is 2. The third kappa shape index (κ3) is 4.11. The number of ether oxygens (including phenoxy) is 1. The van der Waals surface area contributed by atoms with Gasteiger partial charge in [0.1, 0.15) is 5.67 Å². The fraction of sp³-hybridized carbons (Fsp3) is 0.630. The van der Waals surface area contributed by atoms with Crippen LogP contribution in [-0.4, -0.2) is 54.7 Å². The highest BCUT2D eigenvalue weighted by molar-refractivity contribution is 5.88. The summed E-state index contributed by atoms with van der Waals surface area (Å²) < 4.78 is 20.1. The normalized spacial score (nSPS) is 30.5. The fourth-order valence-corrected chi connectivity index (χ4v) is 6.23. The van der Waals surface area contributed by atoms with E-state index in [0.717, 1.165) is 28.7 Å². The number of benzene rings is 1. The van der Waals surface area contributed by atoms with Crippen LogP contribution in [0.25, 0.3) is 0 Å². The first-order valence-electron chi connectivity index (χ1n) is 12.3. The summed E-state index contributed by atoms with van der Waals surface area (Å²) in [4.78, 5) is 27.8. The Labute approximate surface area is 195 Å². The van der Waals surface area contributed by atoms with E-state index in [9.17, 15) is 14.0 Å². The number of amides is 2. The van der Waals surface area contributed by atoms with Crippen LogP contribution in [0.15, 0.2) is 29.8 Å². The van der Waals surface area contributed by atoms with Crippen molar-refractivity contribution in [2.75, 3.05) is 26.3 Å². The number of morpholine rings is 1. The van der Waals surface area contributed by atoms with Crippen molar-refractivity contribution in [3.63, 3.8) is 0 Å². The predicted molar refractivity (Wildman–Crippen MR) is 125 cm³/mol. The van der Waals surface area contributed by atoms with Crippen molar-refractivity contribution >= 4 is 11.8 Å². The monoisotopic (exact) mass is 454 g/mol. The Morgan fingerprint density at radius 2 is 1.97 bits per heavy atom. The zero-order valence-corrected chi connectivity index (χ0v) is 20.0. The number of hydrogen-bond acceptors (Lipinski definition) is 3. The number of fused-ring (bicyclic) bond motifs is 1. The number of nitrogens with one attached hydrogen (secondary N) is 1. The van der Waals surface area contributed by atoms with Crippen molar-refractivity contribution < 1.29 is 18.7 Å². The van der Waals surface area contributed by atoms with Gasteiger partial charge in [0.05, 0.1) is 24.7 Å². The molecule has 0 spiro atoms. The van der Waals surface area contributed by atoms with Crippen molar-refractivity contribution in [2.45, 2.75) is 70.0 Å². The van der Waals surface area contributed by atoms with Crippen molar-refractivity contribution in [3.05, 3.63) is 46.5 Å². The highest BCUT2D eigenvalue weighted by Crippen LogP contribution is 2.61. The first kappa shape index (κ1) is 22.6. The van der Waals surface area contributed by atoms with Gasteiger partial charge in [0.25, 0.3) is 0 Å². The summed E-state index contributed by atoms with van der Waals surface area (Å²) in [5.41, 5.74) is 2.23. The van der Waals surface area contributed by atoms with Gasteiger partial charge in [0, 0.05) is 19.5 Å². The number of carbonyl (C=O) groups is 2. The fourth-order valence-electron chi connectivity index (χ4n) is 6.23. The zero-order chi connectivity index (χ0) is 23.4. The lowest BCUT2D eigenvalue weighted by atomic mass is 9.50. The van der Waals surface area contributed by atoms with Gasteiger partial charge in [-0.05, 0) is 75.0 Å². The quantitative estimate of drug-likeness (QED) is 0.668. The molecule has 1 aliphatic heterocycles. The molecule has 1 unspecified atom stereocenters. The molecule has 0 radical (unpaired) electrons. The minimum atomic E-state index is -1.09. The maximum atomic E-state index is 14.8. The highest BCUT2D eigenvalue weighted by Gasteiger charge is 2.59. The Morgan fingerprint density at radius 1 is 1.21 bits per heavy atom. The van der Waals surface area contributed by atoms with Crippen LogP contribution in [0, 0.1) is 18.8 Å². The number of alkyl halides is 1. The molecule has 1 heterocycles. The number of rotatable bonds is 6. The Kier molecular flexibility index (Phi) is 5.63. The summed E-state index contributed by atoms with van der Waals surface area (Å²) >= 11 is 0. The molecule has 1 aromatic rings. The SMILES string of the molecule is Cc1cc(CCC(=O)N2CCOCC2)cc(C(C)(C)C(=O)N[C@H]2C=C3C4C[C@H]2C[C@]3(F)C4)c1. The topological polar surface area (TPSA) is 58.6 Å². The lowest BCUT2D eigenvalue weighted by molar-refractivity contribution is -0.135. The van der Waals surface area contributed by atoms with Gasteiger partial charge in [0.2, 0.25) is 11.8 Å². The second-order valence-corrected chi connectivity index (χ2v) is 11.0. The Balaban J connectivity index is 1.26. The predicted octanol–water partition coefficient (Wildman–Crippen LogP) is 3.63. The molecule has 5 aliphatic carbocycles. The Bertz CT molecular complexity index is 997. The molecule has 1 N–H and O–H groups in total. The molecule has 2 amide bonds. The number of nitrogens with zero attached hydrogens (tertiary/aromatic N) is 1. The van der Waals surface area contributed by atoms with E-state index < -0.39 is 11.1 Å². The molecule has 1 aromatic carbocycles. The van der Waals surface area contributed by atoms with Crippen molar-refractivity contribution in [1.29, 1.82) is 0 Å². The standard InChI is InChI=1S/C27H35FN2O3/c1-17-10-18(4-5-24(31)30-6-8-33-9-7-30)12-21(11-17)26(2,3)25(32)29-23-14-22-19-13-20(23)16-27(22,28)15-19/h10-12,14,19-20,23H,4-9,13,15-16H2,1-3H3,(H,29,32)/t19?,20-,23-,27+/m0/s1. The molecule has 4 fully saturated rings. The van der Waals surface area contributed by atoms with Gasteiger partial charge in [-0.25, -0.2) is 4.39 Å². The second kappa shape index (κ2) is 8.23. The number of allylic oxidation sites excluding steroid dienone is 1. The molecule has 4 atom stereocenters. The summed E-state index contributed by atoms with van der Waals surface area (Å²) in [6.45, 7) is 8.46. The molecule has 4 bridgehead atoms. The van der Waals surface area contributed by atoms with Gasteiger partial charge in [-0.1, -0.05) is 29.8 Å². The molecule has 33 heavy (non-hydrogen) atoms. The van der Waals surface area contributed by atoms with E-state index in [2.05, 4.69) is 23.5 Å². The van der Waals surface area contributed by atoms with Crippen LogP contribution in [0.5, 0.6) is 0 Å². The largest absolute Gasteiger partial charge is 0.378 e. The van der Waals surface area contributed by atoms with Crippen LogP contribution in [-0.2, 0) is 26.2 Å². The third-order valence-electron chi connectivity index (χ3n) is 8.28. The second-order valence-electron chi connectivity index (χ2n) is 11.0. The number of carbonyl (C=O) groups excluding carboxylic acids is 2. The van der Waals surface area contributed by atoms with Crippen molar-refractivity contribution in [1.82, 2.24) is 10.2 Å². The average Bonchev–Trinajstić information content (AvgIpc) is 2.79. The molecule has 6 heteroatoms. The minimum absolute atomic E-state index is 0.0283. The van der Waals surface area contributed by atoms with Gasteiger partial charge in [-0.15, -0.1) is 0 Å². The smallest absolute Gasteiger partial charge is 0.230 e. The summed E-state index contributed by atoms with van der Waals surface area (Å²) in [7, 11) is 0. The maximum Gasteiger partial charge on any atom is 0.230 e. The average molecular weight is 455 g/mol. The van der Waals surface area contributed by atoms with Crippen LogP contribution in [0.3, 0.4) is 0 Å². The molecular weight excluding hydrogens is 419 g/mol. The van der Waals surface area contributed by atoms with Crippen molar-refractivity contribution in [2.24, 2.45) is 11.8 Å². The molecule has 5 nitrogen and oxygen atoms in total. The lowest BCUT2D eigenvalue weighted by Gasteiger charge is -2.58. The highest BCUT2D eigenvalue weighted by atomic mass is 19.1. The van der Waals surface area contributed by atoms with Crippen molar-refractivity contribution in [3.8, 4) is 0 Å². The lowest BCUT2D eigenvalue weighted by Crippen LogP contribution is -2.60. The molecule has 7 rings (SSSR count). The van der Waals surface area contributed by atoms with E-state index in [-0.39, 0.29) is 23.8 Å². The van der Waals surface area contributed by atoms with E-state index in [1.54, 1.807) is 0 Å². The molecule has 1 saturated heterocycles. The summed E-state index contributed by atoms with van der Waals surface area (Å²) in [6, 6.07) is 6.16. The molecule has 3 saturated carbocycles. The maximum absolute atomic E-state index is 14.8. The van der Waals surface area contributed by atoms with Crippen LogP contribution in [0.2, 0.25) is 0 Å².